The van der Waals surface area contributed by atoms with Gasteiger partial charge in [-0.15, -0.1) is 0 Å². The monoisotopic (exact) mass is 224 g/mol. The fourth-order valence-electron chi connectivity index (χ4n) is 1.79. The van der Waals surface area contributed by atoms with Crippen LogP contribution >= 0.6 is 0 Å². The standard InChI is InChI=1S/C16H16O/c1-13(2)17-16(14-9-5-3-6-10-14)15-11-7-4-8-12-15/h3-12,16H,1H2,2H3. The van der Waals surface area contributed by atoms with Crippen LogP contribution in [0, 0.1) is 0 Å². The average molecular weight is 224 g/mol. The van der Waals surface area contributed by atoms with Gasteiger partial charge in [-0.2, -0.15) is 0 Å². The number of benzene rings is 2. The van der Waals surface area contributed by atoms with E-state index in [-0.39, 0.29) is 6.10 Å². The summed E-state index contributed by atoms with van der Waals surface area (Å²) in [6.45, 7) is 5.70. The van der Waals surface area contributed by atoms with Crippen molar-refractivity contribution in [1.29, 1.82) is 0 Å². The van der Waals surface area contributed by atoms with Crippen LogP contribution in [-0.2, 0) is 4.74 Å². The van der Waals surface area contributed by atoms with Gasteiger partial charge in [0.25, 0.3) is 0 Å². The van der Waals surface area contributed by atoms with Crippen molar-refractivity contribution in [3.05, 3.63) is 84.1 Å². The van der Waals surface area contributed by atoms with Gasteiger partial charge in [-0.25, -0.2) is 0 Å². The molecule has 86 valence electrons. The van der Waals surface area contributed by atoms with Crippen LogP contribution < -0.4 is 0 Å². The minimum absolute atomic E-state index is 0.0742. The second-order valence-electron chi connectivity index (χ2n) is 4.02. The molecule has 0 N–H and O–H groups in total. The van der Waals surface area contributed by atoms with Crippen LogP contribution in [0.1, 0.15) is 24.2 Å². The predicted molar refractivity (Wildman–Crippen MR) is 70.6 cm³/mol. The highest BCUT2D eigenvalue weighted by molar-refractivity contribution is 5.30. The largest absolute Gasteiger partial charge is 0.486 e. The van der Waals surface area contributed by atoms with E-state index in [4.69, 9.17) is 4.74 Å². The van der Waals surface area contributed by atoms with E-state index >= 15 is 0 Å². The molecule has 1 nitrogen and oxygen atoms in total. The van der Waals surface area contributed by atoms with Gasteiger partial charge in [0.1, 0.15) is 6.10 Å². The molecule has 0 aliphatic rings. The summed E-state index contributed by atoms with van der Waals surface area (Å²) in [6, 6.07) is 20.4. The second kappa shape index (κ2) is 5.35. The highest BCUT2D eigenvalue weighted by Gasteiger charge is 2.14. The molecule has 0 aromatic heterocycles. The lowest BCUT2D eigenvalue weighted by Crippen LogP contribution is -2.04. The zero-order chi connectivity index (χ0) is 12.1. The third-order valence-electron chi connectivity index (χ3n) is 2.52. The maximum Gasteiger partial charge on any atom is 0.148 e. The van der Waals surface area contributed by atoms with Crippen LogP contribution in [0.2, 0.25) is 0 Å². The van der Waals surface area contributed by atoms with Crippen molar-refractivity contribution in [2.75, 3.05) is 0 Å². The fourth-order valence-corrected chi connectivity index (χ4v) is 1.79. The molecular weight excluding hydrogens is 208 g/mol. The minimum Gasteiger partial charge on any atom is -0.486 e. The first kappa shape index (κ1) is 11.5. The Morgan fingerprint density at radius 1 is 0.882 bits per heavy atom. The Hall–Kier alpha value is -2.02. The molecule has 0 amide bonds. The first-order chi connectivity index (χ1) is 8.27. The Bertz CT molecular complexity index is 434. The van der Waals surface area contributed by atoms with Gasteiger partial charge < -0.3 is 4.74 Å². The Balaban J connectivity index is 2.36. The molecule has 0 aliphatic heterocycles. The number of hydrogen-bond donors (Lipinski definition) is 0. The van der Waals surface area contributed by atoms with E-state index in [2.05, 4.69) is 30.8 Å². The molecule has 2 aromatic carbocycles. The first-order valence-corrected chi connectivity index (χ1v) is 5.69. The van der Waals surface area contributed by atoms with Gasteiger partial charge in [0.15, 0.2) is 0 Å². The average Bonchev–Trinajstić information content (AvgIpc) is 2.38. The van der Waals surface area contributed by atoms with E-state index in [9.17, 15) is 0 Å². The summed E-state index contributed by atoms with van der Waals surface area (Å²) in [6.07, 6.45) is -0.0742. The molecular formula is C16H16O. The van der Waals surface area contributed by atoms with Crippen molar-refractivity contribution < 1.29 is 4.74 Å². The van der Waals surface area contributed by atoms with Crippen molar-refractivity contribution in [3.63, 3.8) is 0 Å². The van der Waals surface area contributed by atoms with Crippen LogP contribution in [0.25, 0.3) is 0 Å². The molecule has 0 fully saturated rings. The number of rotatable bonds is 4. The molecule has 2 rings (SSSR count). The molecule has 0 radical (unpaired) electrons. The number of allylic oxidation sites excluding steroid dienone is 1. The lowest BCUT2D eigenvalue weighted by molar-refractivity contribution is 0.153. The lowest BCUT2D eigenvalue weighted by Gasteiger charge is -2.19. The first-order valence-electron chi connectivity index (χ1n) is 5.69. The third kappa shape index (κ3) is 2.97. The molecule has 17 heavy (non-hydrogen) atoms. The van der Waals surface area contributed by atoms with Gasteiger partial charge in [-0.1, -0.05) is 67.2 Å². The quantitative estimate of drug-likeness (QED) is 0.702. The Labute approximate surface area is 102 Å². The van der Waals surface area contributed by atoms with Crippen molar-refractivity contribution >= 4 is 0 Å². The van der Waals surface area contributed by atoms with Gasteiger partial charge in [0.05, 0.1) is 5.76 Å². The zero-order valence-corrected chi connectivity index (χ0v) is 9.97. The lowest BCUT2D eigenvalue weighted by atomic mass is 10.0. The summed E-state index contributed by atoms with van der Waals surface area (Å²) in [5.41, 5.74) is 2.28. The highest BCUT2D eigenvalue weighted by Crippen LogP contribution is 2.27. The summed E-state index contributed by atoms with van der Waals surface area (Å²) in [5, 5.41) is 0. The van der Waals surface area contributed by atoms with Crippen LogP contribution in [0.4, 0.5) is 0 Å². The van der Waals surface area contributed by atoms with Crippen LogP contribution in [0.5, 0.6) is 0 Å². The molecule has 0 saturated carbocycles. The topological polar surface area (TPSA) is 9.23 Å². The Kier molecular flexibility index (Phi) is 3.61. The number of hydrogen-bond acceptors (Lipinski definition) is 1. The maximum atomic E-state index is 5.83. The van der Waals surface area contributed by atoms with Crippen LogP contribution in [0.3, 0.4) is 0 Å². The summed E-state index contributed by atoms with van der Waals surface area (Å²) in [4.78, 5) is 0. The molecule has 1 heteroatoms. The molecule has 0 atom stereocenters. The van der Waals surface area contributed by atoms with Gasteiger partial charge in [0.2, 0.25) is 0 Å². The normalized spacial score (nSPS) is 10.2. The van der Waals surface area contributed by atoms with E-state index < -0.39 is 0 Å². The maximum absolute atomic E-state index is 5.83. The van der Waals surface area contributed by atoms with Gasteiger partial charge >= 0.3 is 0 Å². The zero-order valence-electron chi connectivity index (χ0n) is 9.97. The van der Waals surface area contributed by atoms with E-state index in [1.807, 2.05) is 43.3 Å². The Morgan fingerprint density at radius 2 is 1.29 bits per heavy atom. The molecule has 0 saturated heterocycles. The fraction of sp³-hybridized carbons (Fsp3) is 0.125. The predicted octanol–water partition coefficient (Wildman–Crippen LogP) is 4.33. The van der Waals surface area contributed by atoms with Crippen molar-refractivity contribution in [2.45, 2.75) is 13.0 Å². The summed E-state index contributed by atoms with van der Waals surface area (Å²) >= 11 is 0. The van der Waals surface area contributed by atoms with Crippen molar-refractivity contribution in [1.82, 2.24) is 0 Å². The molecule has 0 unspecified atom stereocenters. The number of ether oxygens (including phenoxy) is 1. The van der Waals surface area contributed by atoms with E-state index in [0.29, 0.717) is 0 Å². The van der Waals surface area contributed by atoms with E-state index in [1.165, 1.54) is 0 Å². The van der Waals surface area contributed by atoms with Crippen LogP contribution in [-0.4, -0.2) is 0 Å². The summed E-state index contributed by atoms with van der Waals surface area (Å²) in [5.74, 6) is 0.725. The minimum atomic E-state index is -0.0742. The SMILES string of the molecule is C=C(C)OC(c1ccccc1)c1ccccc1. The van der Waals surface area contributed by atoms with E-state index in [1.54, 1.807) is 0 Å². The molecule has 0 spiro atoms. The molecule has 0 aliphatic carbocycles. The van der Waals surface area contributed by atoms with Gasteiger partial charge in [-0.05, 0) is 18.1 Å². The highest BCUT2D eigenvalue weighted by atomic mass is 16.5. The molecule has 0 heterocycles. The van der Waals surface area contributed by atoms with Gasteiger partial charge in [-0.3, -0.25) is 0 Å². The summed E-state index contributed by atoms with van der Waals surface area (Å²) < 4.78 is 5.83. The third-order valence-corrected chi connectivity index (χ3v) is 2.52. The smallest absolute Gasteiger partial charge is 0.148 e. The van der Waals surface area contributed by atoms with Crippen LogP contribution in [0.15, 0.2) is 73.0 Å². The van der Waals surface area contributed by atoms with E-state index in [0.717, 1.165) is 16.9 Å². The van der Waals surface area contributed by atoms with Gasteiger partial charge in [0, 0.05) is 0 Å². The molecule has 2 aromatic rings. The van der Waals surface area contributed by atoms with Crippen molar-refractivity contribution in [2.24, 2.45) is 0 Å². The van der Waals surface area contributed by atoms with Crippen molar-refractivity contribution in [3.8, 4) is 0 Å². The summed E-state index contributed by atoms with van der Waals surface area (Å²) in [7, 11) is 0. The second-order valence-corrected chi connectivity index (χ2v) is 4.02. The Morgan fingerprint density at radius 3 is 1.65 bits per heavy atom. The molecule has 0 bridgehead atoms.